The number of nitrogens with zero attached hydrogens (tertiary/aromatic N) is 1. The van der Waals surface area contributed by atoms with Gasteiger partial charge in [-0.15, -0.1) is 11.3 Å². The molecular weight excluding hydrogens is 386 g/mol. The van der Waals surface area contributed by atoms with Gasteiger partial charge in [-0.25, -0.2) is 0 Å². The molecule has 2 aromatic heterocycles. The maximum atomic E-state index is 13.0. The molecule has 7 heteroatoms. The first kappa shape index (κ1) is 20.8. The maximum absolute atomic E-state index is 13.0. The lowest BCUT2D eigenvalue weighted by Crippen LogP contribution is -2.49. The summed E-state index contributed by atoms with van der Waals surface area (Å²) in [6.07, 6.45) is 2.03. The van der Waals surface area contributed by atoms with E-state index in [0.29, 0.717) is 17.8 Å². The molecule has 0 spiro atoms. The second-order valence-corrected chi connectivity index (χ2v) is 7.88. The average molecular weight is 412 g/mol. The summed E-state index contributed by atoms with van der Waals surface area (Å²) in [7, 11) is 3.86. The fraction of sp³-hybridized carbons (Fsp3) is 0.273. The number of hydrogen-bond donors (Lipinski definition) is 2. The van der Waals surface area contributed by atoms with Crippen LogP contribution in [0.25, 0.3) is 0 Å². The summed E-state index contributed by atoms with van der Waals surface area (Å²) < 4.78 is 5.50. The third-order valence-electron chi connectivity index (χ3n) is 4.61. The number of thiophene rings is 1. The maximum Gasteiger partial charge on any atom is 0.262 e. The van der Waals surface area contributed by atoms with E-state index in [1.165, 1.54) is 11.3 Å². The van der Waals surface area contributed by atoms with Crippen molar-refractivity contribution >= 4 is 23.2 Å². The number of carbonyl (C=O) groups excluding carboxylic acids is 2. The van der Waals surface area contributed by atoms with E-state index in [9.17, 15) is 9.59 Å². The van der Waals surface area contributed by atoms with Gasteiger partial charge in [0.25, 0.3) is 5.91 Å². The number of likely N-dealkylation sites (N-methyl/N-ethyl adjacent to an activating group) is 1. The van der Waals surface area contributed by atoms with Gasteiger partial charge < -0.3 is 15.1 Å². The van der Waals surface area contributed by atoms with Gasteiger partial charge in [0.2, 0.25) is 5.91 Å². The predicted molar refractivity (Wildman–Crippen MR) is 114 cm³/mol. The van der Waals surface area contributed by atoms with Crippen LogP contribution < -0.4 is 10.6 Å². The van der Waals surface area contributed by atoms with Crippen molar-refractivity contribution in [2.45, 2.75) is 18.5 Å². The van der Waals surface area contributed by atoms with Crippen LogP contribution in [0.15, 0.2) is 70.7 Å². The van der Waals surface area contributed by atoms with E-state index in [4.69, 9.17) is 4.42 Å². The normalized spacial score (nSPS) is 13.1. The van der Waals surface area contributed by atoms with E-state index in [1.807, 2.05) is 72.9 Å². The van der Waals surface area contributed by atoms with Gasteiger partial charge in [0.05, 0.1) is 17.2 Å². The molecule has 2 unspecified atom stereocenters. The highest BCUT2D eigenvalue weighted by molar-refractivity contribution is 7.12. The Balaban J connectivity index is 1.70. The Labute approximate surface area is 174 Å². The van der Waals surface area contributed by atoms with Crippen LogP contribution in [0.4, 0.5) is 0 Å². The Hall–Kier alpha value is -2.90. The predicted octanol–water partition coefficient (Wildman–Crippen LogP) is 3.10. The van der Waals surface area contributed by atoms with Crippen LogP contribution >= 0.6 is 11.3 Å². The number of amides is 2. The molecule has 0 saturated carbocycles. The standard InChI is InChI=1S/C22H25N3O3S/c1-25(2)18(19-10-6-12-28-19)15-23-21(26)17(14-16-8-4-3-5-9-16)24-22(27)20-11-7-13-29-20/h3-13,17-18H,14-15H2,1-2H3,(H,23,26)(H,24,27). The van der Waals surface area contributed by atoms with Crippen LogP contribution in [-0.2, 0) is 11.2 Å². The molecule has 2 atom stereocenters. The summed E-state index contributed by atoms with van der Waals surface area (Å²) in [4.78, 5) is 28.1. The lowest BCUT2D eigenvalue weighted by molar-refractivity contribution is -0.123. The Morgan fingerprint density at radius 1 is 1.07 bits per heavy atom. The Morgan fingerprint density at radius 3 is 2.48 bits per heavy atom. The summed E-state index contributed by atoms with van der Waals surface area (Å²) in [5, 5.41) is 7.69. The van der Waals surface area contributed by atoms with Crippen molar-refractivity contribution in [2.75, 3.05) is 20.6 Å². The van der Waals surface area contributed by atoms with Crippen LogP contribution in [0.2, 0.25) is 0 Å². The van der Waals surface area contributed by atoms with E-state index >= 15 is 0 Å². The topological polar surface area (TPSA) is 74.6 Å². The van der Waals surface area contributed by atoms with Gasteiger partial charge in [-0.05, 0) is 43.2 Å². The monoisotopic (exact) mass is 411 g/mol. The molecule has 0 saturated heterocycles. The van der Waals surface area contributed by atoms with Crippen molar-refractivity contribution in [1.29, 1.82) is 0 Å². The molecule has 6 nitrogen and oxygen atoms in total. The van der Waals surface area contributed by atoms with Crippen molar-refractivity contribution < 1.29 is 14.0 Å². The number of rotatable bonds is 9. The molecule has 0 aliphatic heterocycles. The zero-order valence-corrected chi connectivity index (χ0v) is 17.3. The Bertz CT molecular complexity index is 893. The van der Waals surface area contributed by atoms with Crippen LogP contribution in [0.1, 0.15) is 27.0 Å². The third-order valence-corrected chi connectivity index (χ3v) is 5.48. The molecule has 0 bridgehead atoms. The van der Waals surface area contributed by atoms with Crippen LogP contribution in [0.3, 0.4) is 0 Å². The molecule has 0 aliphatic rings. The first-order valence-corrected chi connectivity index (χ1v) is 10.3. The van der Waals surface area contributed by atoms with E-state index in [1.54, 1.807) is 12.3 Å². The van der Waals surface area contributed by atoms with E-state index < -0.39 is 6.04 Å². The summed E-state index contributed by atoms with van der Waals surface area (Å²) >= 11 is 1.35. The van der Waals surface area contributed by atoms with Crippen molar-refractivity contribution in [3.05, 3.63) is 82.4 Å². The van der Waals surface area contributed by atoms with Crippen molar-refractivity contribution in [3.8, 4) is 0 Å². The lowest BCUT2D eigenvalue weighted by atomic mass is 10.0. The van der Waals surface area contributed by atoms with Gasteiger partial charge in [0.15, 0.2) is 0 Å². The van der Waals surface area contributed by atoms with Gasteiger partial charge in [-0.1, -0.05) is 36.4 Å². The molecule has 3 aromatic rings. The molecule has 0 radical (unpaired) electrons. The number of furan rings is 1. The molecule has 3 rings (SSSR count). The molecule has 2 amide bonds. The Kier molecular flexibility index (Phi) is 7.21. The second kappa shape index (κ2) is 10.0. The van der Waals surface area contributed by atoms with E-state index in [2.05, 4.69) is 10.6 Å². The third kappa shape index (κ3) is 5.79. The molecule has 0 aliphatic carbocycles. The highest BCUT2D eigenvalue weighted by Crippen LogP contribution is 2.17. The average Bonchev–Trinajstić information content (AvgIpc) is 3.42. The number of hydrogen-bond acceptors (Lipinski definition) is 5. The smallest absolute Gasteiger partial charge is 0.262 e. The van der Waals surface area contributed by atoms with Crippen molar-refractivity contribution in [1.82, 2.24) is 15.5 Å². The van der Waals surface area contributed by atoms with Crippen molar-refractivity contribution in [2.24, 2.45) is 0 Å². The fourth-order valence-electron chi connectivity index (χ4n) is 3.04. The van der Waals surface area contributed by atoms with Crippen LogP contribution in [-0.4, -0.2) is 43.4 Å². The highest BCUT2D eigenvalue weighted by atomic mass is 32.1. The van der Waals surface area contributed by atoms with Gasteiger partial charge in [-0.2, -0.15) is 0 Å². The fourth-order valence-corrected chi connectivity index (χ4v) is 3.66. The second-order valence-electron chi connectivity index (χ2n) is 6.93. The zero-order chi connectivity index (χ0) is 20.6. The molecule has 2 N–H and O–H groups in total. The molecule has 2 heterocycles. The summed E-state index contributed by atoms with van der Waals surface area (Å²) in [6, 6.07) is 16.2. The van der Waals surface area contributed by atoms with E-state index in [0.717, 1.165) is 11.3 Å². The van der Waals surface area contributed by atoms with Crippen LogP contribution in [0, 0.1) is 0 Å². The van der Waals surface area contributed by atoms with Gasteiger partial charge >= 0.3 is 0 Å². The first-order valence-electron chi connectivity index (χ1n) is 9.40. The number of carbonyl (C=O) groups is 2. The molecule has 29 heavy (non-hydrogen) atoms. The van der Waals surface area contributed by atoms with Crippen molar-refractivity contribution in [3.63, 3.8) is 0 Å². The highest BCUT2D eigenvalue weighted by Gasteiger charge is 2.24. The van der Waals surface area contributed by atoms with Gasteiger partial charge in [0.1, 0.15) is 11.8 Å². The largest absolute Gasteiger partial charge is 0.468 e. The summed E-state index contributed by atoms with van der Waals surface area (Å²) in [5.41, 5.74) is 0.981. The minimum atomic E-state index is -0.675. The van der Waals surface area contributed by atoms with Crippen LogP contribution in [0.5, 0.6) is 0 Å². The Morgan fingerprint density at radius 2 is 1.86 bits per heavy atom. The van der Waals surface area contributed by atoms with Gasteiger partial charge in [0, 0.05) is 13.0 Å². The quantitative estimate of drug-likeness (QED) is 0.567. The molecular formula is C22H25N3O3S. The minimum Gasteiger partial charge on any atom is -0.468 e. The summed E-state index contributed by atoms with van der Waals surface area (Å²) in [6.45, 7) is 0.375. The first-order chi connectivity index (χ1) is 14.0. The molecule has 0 fully saturated rings. The summed E-state index contributed by atoms with van der Waals surface area (Å²) in [5.74, 6) is 0.306. The SMILES string of the molecule is CN(C)C(CNC(=O)C(Cc1ccccc1)NC(=O)c1cccs1)c1ccco1. The minimum absolute atomic E-state index is 0.0978. The van der Waals surface area contributed by atoms with Gasteiger partial charge in [-0.3, -0.25) is 14.5 Å². The number of nitrogens with one attached hydrogen (secondary N) is 2. The lowest BCUT2D eigenvalue weighted by Gasteiger charge is -2.24. The van der Waals surface area contributed by atoms with E-state index in [-0.39, 0.29) is 17.9 Å². The molecule has 1 aromatic carbocycles. The molecule has 152 valence electrons. The number of benzene rings is 1. The zero-order valence-electron chi connectivity index (χ0n) is 16.5.